The Morgan fingerprint density at radius 2 is 2.00 bits per heavy atom. The van der Waals surface area contributed by atoms with Gasteiger partial charge in [-0.2, -0.15) is 5.26 Å². The molecule has 1 amide bonds. The van der Waals surface area contributed by atoms with E-state index in [0.29, 0.717) is 0 Å². The molecule has 2 aromatic carbocycles. The van der Waals surface area contributed by atoms with Crippen molar-refractivity contribution in [2.75, 3.05) is 10.6 Å². The second-order valence-corrected chi connectivity index (χ2v) is 6.25. The molecule has 0 saturated carbocycles. The maximum atomic E-state index is 12.2. The van der Waals surface area contributed by atoms with Crippen LogP contribution in [0.15, 0.2) is 54.2 Å². The summed E-state index contributed by atoms with van der Waals surface area (Å²) in [7, 11) is 0. The number of nitro groups is 1. The van der Waals surface area contributed by atoms with E-state index in [1.807, 2.05) is 25.1 Å². The lowest BCUT2D eigenvalue weighted by Gasteiger charge is -2.08. The van der Waals surface area contributed by atoms with E-state index < -0.39 is 10.8 Å². The Morgan fingerprint density at radius 1 is 1.28 bits per heavy atom. The first kappa shape index (κ1) is 18.4. The van der Waals surface area contributed by atoms with Crippen molar-refractivity contribution >= 4 is 45.6 Å². The molecule has 2 rings (SSSR count). The molecule has 0 atom stereocenters. The Hall–Kier alpha value is -2.93. The standard InChI is InChI=1S/C17H13IN4O3/c1-11-8-13(18)6-7-14(11)20-10-12(9-19)17(23)21-15-4-2-3-5-16(15)22(24)25/h2-8,10,20H,1H3,(H,21,23)/b12-10-. The van der Waals surface area contributed by atoms with E-state index in [2.05, 4.69) is 33.2 Å². The van der Waals surface area contributed by atoms with E-state index in [-0.39, 0.29) is 16.9 Å². The number of rotatable bonds is 5. The third-order valence-corrected chi connectivity index (χ3v) is 3.95. The monoisotopic (exact) mass is 448 g/mol. The molecule has 8 heteroatoms. The van der Waals surface area contributed by atoms with Gasteiger partial charge in [-0.15, -0.1) is 0 Å². The number of hydrogen-bond donors (Lipinski definition) is 2. The lowest BCUT2D eigenvalue weighted by molar-refractivity contribution is -0.383. The van der Waals surface area contributed by atoms with Crippen LogP contribution in [0.4, 0.5) is 17.1 Å². The number of carbonyl (C=O) groups excluding carboxylic acids is 1. The fourth-order valence-electron chi connectivity index (χ4n) is 2.02. The lowest BCUT2D eigenvalue weighted by Crippen LogP contribution is -2.15. The molecular formula is C17H13IN4O3. The summed E-state index contributed by atoms with van der Waals surface area (Å²) in [5.41, 5.74) is 1.31. The molecule has 126 valence electrons. The highest BCUT2D eigenvalue weighted by molar-refractivity contribution is 14.1. The van der Waals surface area contributed by atoms with Crippen LogP contribution >= 0.6 is 22.6 Å². The first-order chi connectivity index (χ1) is 11.9. The van der Waals surface area contributed by atoms with Crippen LogP contribution in [0.5, 0.6) is 0 Å². The normalized spacial score (nSPS) is 10.7. The second kappa shape index (κ2) is 8.25. The fourth-order valence-corrected chi connectivity index (χ4v) is 2.66. The predicted molar refractivity (Wildman–Crippen MR) is 103 cm³/mol. The number of nitrogens with zero attached hydrogens (tertiary/aromatic N) is 2. The minimum absolute atomic E-state index is 0.0316. The lowest BCUT2D eigenvalue weighted by atomic mass is 10.2. The Morgan fingerprint density at radius 3 is 2.64 bits per heavy atom. The molecule has 2 aromatic rings. The van der Waals surface area contributed by atoms with Crippen molar-refractivity contribution in [3.63, 3.8) is 0 Å². The van der Waals surface area contributed by atoms with Gasteiger partial charge in [0.15, 0.2) is 0 Å². The zero-order chi connectivity index (χ0) is 18.4. The second-order valence-electron chi connectivity index (χ2n) is 5.00. The summed E-state index contributed by atoms with van der Waals surface area (Å²) < 4.78 is 1.07. The number of nitriles is 1. The highest BCUT2D eigenvalue weighted by atomic mass is 127. The first-order valence-electron chi connectivity index (χ1n) is 7.10. The van der Waals surface area contributed by atoms with Crippen molar-refractivity contribution in [2.45, 2.75) is 6.92 Å². The van der Waals surface area contributed by atoms with Crippen molar-refractivity contribution < 1.29 is 9.72 Å². The SMILES string of the molecule is Cc1cc(I)ccc1N/C=C(/C#N)C(=O)Nc1ccccc1[N+](=O)[O-]. The van der Waals surface area contributed by atoms with E-state index in [4.69, 9.17) is 0 Å². The van der Waals surface area contributed by atoms with Crippen LogP contribution in [0.1, 0.15) is 5.56 Å². The third kappa shape index (κ3) is 4.77. The molecule has 25 heavy (non-hydrogen) atoms. The highest BCUT2D eigenvalue weighted by Gasteiger charge is 2.17. The van der Waals surface area contributed by atoms with Crippen LogP contribution in [0.2, 0.25) is 0 Å². The van der Waals surface area contributed by atoms with Gasteiger partial charge in [-0.25, -0.2) is 0 Å². The molecule has 0 saturated heterocycles. The first-order valence-corrected chi connectivity index (χ1v) is 8.18. The van der Waals surface area contributed by atoms with E-state index >= 15 is 0 Å². The van der Waals surface area contributed by atoms with E-state index in [9.17, 15) is 20.2 Å². The van der Waals surface area contributed by atoms with Gasteiger partial charge in [-0.1, -0.05) is 12.1 Å². The number of aryl methyl sites for hydroxylation is 1. The van der Waals surface area contributed by atoms with Gasteiger partial charge in [0, 0.05) is 21.5 Å². The molecule has 0 aromatic heterocycles. The number of hydrogen-bond acceptors (Lipinski definition) is 5. The quantitative estimate of drug-likeness (QED) is 0.237. The van der Waals surface area contributed by atoms with E-state index in [1.165, 1.54) is 24.4 Å². The molecule has 0 aliphatic carbocycles. The molecule has 2 N–H and O–H groups in total. The van der Waals surface area contributed by atoms with Gasteiger partial charge in [0.25, 0.3) is 11.6 Å². The Kier molecular flexibility index (Phi) is 6.08. The Balaban J connectivity index is 2.19. The maximum absolute atomic E-state index is 12.2. The summed E-state index contributed by atoms with van der Waals surface area (Å²) in [6, 6.07) is 13.2. The Labute approximate surface area is 157 Å². The summed E-state index contributed by atoms with van der Waals surface area (Å²) in [4.78, 5) is 22.6. The van der Waals surface area contributed by atoms with Crippen molar-refractivity contribution in [1.82, 2.24) is 0 Å². The molecule has 0 unspecified atom stereocenters. The molecular weight excluding hydrogens is 435 g/mol. The number of nitro benzene ring substituents is 1. The van der Waals surface area contributed by atoms with Gasteiger partial charge in [0.1, 0.15) is 17.3 Å². The van der Waals surface area contributed by atoms with Gasteiger partial charge in [-0.05, 0) is 59.3 Å². The number of benzene rings is 2. The van der Waals surface area contributed by atoms with Crippen LogP contribution in [0.3, 0.4) is 0 Å². The number of anilines is 2. The minimum Gasteiger partial charge on any atom is -0.360 e. The van der Waals surface area contributed by atoms with Gasteiger partial charge >= 0.3 is 0 Å². The highest BCUT2D eigenvalue weighted by Crippen LogP contribution is 2.24. The maximum Gasteiger partial charge on any atom is 0.292 e. The molecule has 0 bridgehead atoms. The van der Waals surface area contributed by atoms with Crippen molar-refractivity contribution in [2.24, 2.45) is 0 Å². The van der Waals surface area contributed by atoms with E-state index in [1.54, 1.807) is 12.1 Å². The van der Waals surface area contributed by atoms with E-state index in [0.717, 1.165) is 14.8 Å². The average Bonchev–Trinajstić information content (AvgIpc) is 2.57. The van der Waals surface area contributed by atoms with Crippen LogP contribution < -0.4 is 10.6 Å². The van der Waals surface area contributed by atoms with Gasteiger partial charge in [-0.3, -0.25) is 14.9 Å². The Bertz CT molecular complexity index is 903. The summed E-state index contributed by atoms with van der Waals surface area (Å²) in [5.74, 6) is -0.729. The zero-order valence-corrected chi connectivity index (χ0v) is 15.3. The van der Waals surface area contributed by atoms with Gasteiger partial charge < -0.3 is 10.6 Å². The van der Waals surface area contributed by atoms with Crippen LogP contribution in [0, 0.1) is 31.9 Å². The van der Waals surface area contributed by atoms with Gasteiger partial charge in [0.05, 0.1) is 4.92 Å². The fraction of sp³-hybridized carbons (Fsp3) is 0.0588. The van der Waals surface area contributed by atoms with Crippen molar-refractivity contribution in [3.05, 3.63) is 73.5 Å². The summed E-state index contributed by atoms with van der Waals surface area (Å²) in [6.07, 6.45) is 1.28. The summed E-state index contributed by atoms with van der Waals surface area (Å²) in [6.45, 7) is 1.90. The molecule has 0 aliphatic rings. The van der Waals surface area contributed by atoms with Crippen molar-refractivity contribution in [3.8, 4) is 6.07 Å². The number of halogens is 1. The molecule has 0 spiro atoms. The third-order valence-electron chi connectivity index (χ3n) is 3.27. The molecule has 7 nitrogen and oxygen atoms in total. The topological polar surface area (TPSA) is 108 Å². The summed E-state index contributed by atoms with van der Waals surface area (Å²) >= 11 is 2.19. The van der Waals surface area contributed by atoms with Gasteiger partial charge in [0.2, 0.25) is 0 Å². The number of para-hydroxylation sites is 2. The molecule has 0 aliphatic heterocycles. The molecule has 0 fully saturated rings. The minimum atomic E-state index is -0.729. The van der Waals surface area contributed by atoms with Crippen LogP contribution in [-0.4, -0.2) is 10.8 Å². The van der Waals surface area contributed by atoms with Crippen LogP contribution in [0.25, 0.3) is 0 Å². The van der Waals surface area contributed by atoms with Crippen LogP contribution in [-0.2, 0) is 4.79 Å². The molecule has 0 heterocycles. The average molecular weight is 448 g/mol. The smallest absolute Gasteiger partial charge is 0.292 e. The molecule has 0 radical (unpaired) electrons. The zero-order valence-electron chi connectivity index (χ0n) is 13.1. The number of amides is 1. The predicted octanol–water partition coefficient (Wildman–Crippen LogP) is 3.97. The summed E-state index contributed by atoms with van der Waals surface area (Å²) in [5, 5.41) is 25.5. The number of nitrogens with one attached hydrogen (secondary N) is 2. The largest absolute Gasteiger partial charge is 0.360 e. The van der Waals surface area contributed by atoms with Crippen molar-refractivity contribution in [1.29, 1.82) is 5.26 Å². The number of carbonyl (C=O) groups is 1.